The summed E-state index contributed by atoms with van der Waals surface area (Å²) in [4.78, 5) is 11.8. The van der Waals surface area contributed by atoms with Crippen molar-refractivity contribution >= 4 is 12.0 Å². The second-order valence-corrected chi connectivity index (χ2v) is 4.58. The van der Waals surface area contributed by atoms with Gasteiger partial charge in [0.15, 0.2) is 0 Å². The Kier molecular flexibility index (Phi) is 6.91. The number of unbranched alkanes of at least 4 members (excludes halogenated alkanes) is 3. The Hall–Kier alpha value is -2.28. The van der Waals surface area contributed by atoms with E-state index in [0.29, 0.717) is 12.1 Å². The number of nitriles is 1. The Bertz CT molecular complexity index is 498. The number of phenols is 1. The number of carbonyl (C=O) groups is 1. The third-order valence-electron chi connectivity index (χ3n) is 2.89. The van der Waals surface area contributed by atoms with E-state index in [4.69, 9.17) is 5.26 Å². The second-order valence-electron chi connectivity index (χ2n) is 4.58. The van der Waals surface area contributed by atoms with Gasteiger partial charge in [-0.05, 0) is 30.2 Å². The lowest BCUT2D eigenvalue weighted by Crippen LogP contribution is -2.25. The van der Waals surface area contributed by atoms with Crippen LogP contribution in [-0.2, 0) is 4.79 Å². The number of nitrogens with zero attached hydrogens (tertiary/aromatic N) is 1. The van der Waals surface area contributed by atoms with Gasteiger partial charge in [-0.1, -0.05) is 38.3 Å². The van der Waals surface area contributed by atoms with Gasteiger partial charge in [0.1, 0.15) is 17.4 Å². The van der Waals surface area contributed by atoms with Crippen LogP contribution in [0, 0.1) is 11.3 Å². The maximum atomic E-state index is 11.8. The zero-order valence-electron chi connectivity index (χ0n) is 11.7. The number of phenolic OH excluding ortho intramolecular Hbond substituents is 1. The lowest BCUT2D eigenvalue weighted by Gasteiger charge is -2.04. The molecule has 2 N–H and O–H groups in total. The first-order chi connectivity index (χ1) is 9.67. The summed E-state index contributed by atoms with van der Waals surface area (Å²) in [6.45, 7) is 2.72. The summed E-state index contributed by atoms with van der Waals surface area (Å²) >= 11 is 0. The van der Waals surface area contributed by atoms with Crippen LogP contribution in [0.1, 0.15) is 38.2 Å². The number of nitrogens with one attached hydrogen (secondary N) is 1. The molecule has 0 aliphatic carbocycles. The Morgan fingerprint density at radius 3 is 2.60 bits per heavy atom. The van der Waals surface area contributed by atoms with E-state index in [-0.39, 0.29) is 17.2 Å². The lowest BCUT2D eigenvalue weighted by molar-refractivity contribution is -0.117. The lowest BCUT2D eigenvalue weighted by atomic mass is 10.1. The normalized spacial score (nSPS) is 10.9. The molecule has 1 aromatic rings. The van der Waals surface area contributed by atoms with Crippen LogP contribution in [0.3, 0.4) is 0 Å². The van der Waals surface area contributed by atoms with Gasteiger partial charge in [-0.15, -0.1) is 0 Å². The molecule has 0 aliphatic rings. The molecule has 4 nitrogen and oxygen atoms in total. The van der Waals surface area contributed by atoms with E-state index in [9.17, 15) is 9.90 Å². The van der Waals surface area contributed by atoms with E-state index < -0.39 is 0 Å². The van der Waals surface area contributed by atoms with E-state index in [0.717, 1.165) is 25.7 Å². The molecule has 0 saturated heterocycles. The molecule has 0 fully saturated rings. The fraction of sp³-hybridized carbons (Fsp3) is 0.375. The summed E-state index contributed by atoms with van der Waals surface area (Å²) in [5.41, 5.74) is 0.784. The molecule has 1 rings (SSSR count). The van der Waals surface area contributed by atoms with Gasteiger partial charge in [-0.25, -0.2) is 0 Å². The summed E-state index contributed by atoms with van der Waals surface area (Å²) in [5, 5.41) is 20.9. The van der Waals surface area contributed by atoms with Gasteiger partial charge >= 0.3 is 0 Å². The molecule has 1 aromatic carbocycles. The monoisotopic (exact) mass is 272 g/mol. The fourth-order valence-corrected chi connectivity index (χ4v) is 1.73. The highest BCUT2D eigenvalue weighted by Crippen LogP contribution is 2.12. The number of carbonyl (C=O) groups excluding carboxylic acids is 1. The standard InChI is InChI=1S/C16H20N2O2/c1-2-3-4-5-10-18-16(20)14(12-17)11-13-6-8-15(19)9-7-13/h6-9,11,19H,2-5,10H2,1H3,(H,18,20)/b14-11-. The van der Waals surface area contributed by atoms with Gasteiger partial charge in [-0.2, -0.15) is 5.26 Å². The van der Waals surface area contributed by atoms with E-state index in [1.54, 1.807) is 12.1 Å². The van der Waals surface area contributed by atoms with Crippen LogP contribution < -0.4 is 5.32 Å². The molecule has 20 heavy (non-hydrogen) atoms. The molecule has 0 aliphatic heterocycles. The molecule has 0 spiro atoms. The Balaban J connectivity index is 2.55. The zero-order valence-corrected chi connectivity index (χ0v) is 11.7. The first kappa shape index (κ1) is 15.8. The van der Waals surface area contributed by atoms with Gasteiger partial charge < -0.3 is 10.4 Å². The minimum absolute atomic E-state index is 0.0752. The average Bonchev–Trinajstić information content (AvgIpc) is 2.46. The van der Waals surface area contributed by atoms with Crippen LogP contribution in [0.5, 0.6) is 5.75 Å². The predicted octanol–water partition coefficient (Wildman–Crippen LogP) is 3.00. The summed E-state index contributed by atoms with van der Waals surface area (Å²) in [5.74, 6) is -0.196. The van der Waals surface area contributed by atoms with Gasteiger partial charge in [0.2, 0.25) is 0 Å². The molecule has 0 unspecified atom stereocenters. The minimum atomic E-state index is -0.350. The number of amides is 1. The van der Waals surface area contributed by atoms with Crippen LogP contribution >= 0.6 is 0 Å². The van der Waals surface area contributed by atoms with Crippen molar-refractivity contribution in [1.82, 2.24) is 5.32 Å². The number of hydrogen-bond donors (Lipinski definition) is 2. The summed E-state index contributed by atoms with van der Waals surface area (Å²) in [6, 6.07) is 8.25. The quantitative estimate of drug-likeness (QED) is 0.455. The maximum absolute atomic E-state index is 11.8. The molecule has 0 heterocycles. The van der Waals surface area contributed by atoms with Crippen LogP contribution in [0.4, 0.5) is 0 Å². The van der Waals surface area contributed by atoms with Gasteiger partial charge in [0.25, 0.3) is 5.91 Å². The SMILES string of the molecule is CCCCCCNC(=O)/C(C#N)=C\c1ccc(O)cc1. The van der Waals surface area contributed by atoms with Crippen LogP contribution in [0.2, 0.25) is 0 Å². The third kappa shape index (κ3) is 5.57. The number of benzene rings is 1. The predicted molar refractivity (Wildman–Crippen MR) is 78.8 cm³/mol. The Labute approximate surface area is 119 Å². The van der Waals surface area contributed by atoms with Crippen molar-refractivity contribution in [1.29, 1.82) is 5.26 Å². The summed E-state index contributed by atoms with van der Waals surface area (Å²) < 4.78 is 0. The Morgan fingerprint density at radius 1 is 1.30 bits per heavy atom. The molecule has 106 valence electrons. The zero-order chi connectivity index (χ0) is 14.8. The van der Waals surface area contributed by atoms with Crippen molar-refractivity contribution in [3.63, 3.8) is 0 Å². The second kappa shape index (κ2) is 8.76. The van der Waals surface area contributed by atoms with Crippen LogP contribution in [0.15, 0.2) is 29.8 Å². The molecule has 0 bridgehead atoms. The molecule has 0 aromatic heterocycles. The topological polar surface area (TPSA) is 73.1 Å². The van der Waals surface area contributed by atoms with E-state index in [1.165, 1.54) is 18.2 Å². The minimum Gasteiger partial charge on any atom is -0.508 e. The van der Waals surface area contributed by atoms with Crippen molar-refractivity contribution < 1.29 is 9.90 Å². The fourth-order valence-electron chi connectivity index (χ4n) is 1.73. The highest BCUT2D eigenvalue weighted by Gasteiger charge is 2.07. The summed E-state index contributed by atoms with van der Waals surface area (Å²) in [6.07, 6.45) is 5.83. The largest absolute Gasteiger partial charge is 0.508 e. The molecular formula is C16H20N2O2. The van der Waals surface area contributed by atoms with E-state index >= 15 is 0 Å². The molecule has 0 saturated carbocycles. The molecule has 1 amide bonds. The highest BCUT2D eigenvalue weighted by molar-refractivity contribution is 6.01. The van der Waals surface area contributed by atoms with Gasteiger partial charge in [0.05, 0.1) is 0 Å². The van der Waals surface area contributed by atoms with Crippen molar-refractivity contribution in [3.8, 4) is 11.8 Å². The maximum Gasteiger partial charge on any atom is 0.261 e. The smallest absolute Gasteiger partial charge is 0.261 e. The number of rotatable bonds is 7. The first-order valence-electron chi connectivity index (χ1n) is 6.86. The van der Waals surface area contributed by atoms with Crippen molar-refractivity contribution in [2.75, 3.05) is 6.54 Å². The third-order valence-corrected chi connectivity index (χ3v) is 2.89. The highest BCUT2D eigenvalue weighted by atomic mass is 16.3. The average molecular weight is 272 g/mol. The molecule has 0 radical (unpaired) electrons. The molecule has 0 atom stereocenters. The van der Waals surface area contributed by atoms with Crippen LogP contribution in [0.25, 0.3) is 6.08 Å². The summed E-state index contributed by atoms with van der Waals surface area (Å²) in [7, 11) is 0. The number of hydrogen-bond acceptors (Lipinski definition) is 3. The van der Waals surface area contributed by atoms with Crippen molar-refractivity contribution in [2.24, 2.45) is 0 Å². The van der Waals surface area contributed by atoms with Crippen molar-refractivity contribution in [3.05, 3.63) is 35.4 Å². The van der Waals surface area contributed by atoms with Gasteiger partial charge in [-0.3, -0.25) is 4.79 Å². The molecular weight excluding hydrogens is 252 g/mol. The Morgan fingerprint density at radius 2 is 2.00 bits per heavy atom. The number of aromatic hydroxyl groups is 1. The van der Waals surface area contributed by atoms with Crippen molar-refractivity contribution in [2.45, 2.75) is 32.6 Å². The van der Waals surface area contributed by atoms with E-state index in [2.05, 4.69) is 12.2 Å². The van der Waals surface area contributed by atoms with Crippen LogP contribution in [-0.4, -0.2) is 17.6 Å². The first-order valence-corrected chi connectivity index (χ1v) is 6.86. The molecule has 4 heteroatoms. The van der Waals surface area contributed by atoms with E-state index in [1.807, 2.05) is 6.07 Å². The van der Waals surface area contributed by atoms with Gasteiger partial charge in [0, 0.05) is 6.54 Å².